The van der Waals surface area contributed by atoms with Gasteiger partial charge in [-0.2, -0.15) is 0 Å². The molecule has 1 aromatic carbocycles. The number of furan rings is 1. The second-order valence-electron chi connectivity index (χ2n) is 6.87. The highest BCUT2D eigenvalue weighted by atomic mass is 32.1. The summed E-state index contributed by atoms with van der Waals surface area (Å²) < 4.78 is 11.8. The number of thiazole rings is 1. The minimum atomic E-state index is -0.662. The molecular formula is C19H19N3O5S. The van der Waals surface area contributed by atoms with E-state index in [1.807, 2.05) is 19.9 Å². The lowest BCUT2D eigenvalue weighted by Gasteiger charge is -2.21. The molecule has 4 rings (SSSR count). The van der Waals surface area contributed by atoms with Gasteiger partial charge in [0.2, 0.25) is 0 Å². The van der Waals surface area contributed by atoms with E-state index >= 15 is 0 Å². The van der Waals surface area contributed by atoms with Crippen LogP contribution in [0.1, 0.15) is 34.5 Å². The number of nitrogens with zero attached hydrogens (tertiary/aromatic N) is 3. The maximum absolute atomic E-state index is 13.1. The number of benzene rings is 1. The molecule has 146 valence electrons. The van der Waals surface area contributed by atoms with E-state index in [0.717, 1.165) is 34.2 Å². The van der Waals surface area contributed by atoms with Gasteiger partial charge in [-0.25, -0.2) is 4.98 Å². The molecule has 0 radical (unpaired) electrons. The molecule has 0 aliphatic carbocycles. The Morgan fingerprint density at radius 2 is 2.21 bits per heavy atom. The molecule has 1 fully saturated rings. The summed E-state index contributed by atoms with van der Waals surface area (Å²) in [6.07, 6.45) is 1.70. The second kappa shape index (κ2) is 7.33. The topological polar surface area (TPSA) is 98.7 Å². The van der Waals surface area contributed by atoms with Gasteiger partial charge < -0.3 is 9.15 Å². The number of aromatic nitrogens is 1. The van der Waals surface area contributed by atoms with Crippen LogP contribution in [0.3, 0.4) is 0 Å². The number of rotatable bonds is 5. The van der Waals surface area contributed by atoms with Crippen LogP contribution in [-0.4, -0.2) is 35.1 Å². The summed E-state index contributed by atoms with van der Waals surface area (Å²) in [7, 11) is 0. The summed E-state index contributed by atoms with van der Waals surface area (Å²) in [5.41, 5.74) is 3.02. The van der Waals surface area contributed by atoms with Crippen LogP contribution < -0.4 is 4.90 Å². The molecule has 1 aliphatic heterocycles. The molecule has 1 unspecified atom stereocenters. The van der Waals surface area contributed by atoms with Crippen molar-refractivity contribution < 1.29 is 18.9 Å². The minimum absolute atomic E-state index is 0.0862. The zero-order valence-corrected chi connectivity index (χ0v) is 16.3. The molecule has 1 atom stereocenters. The van der Waals surface area contributed by atoms with Crippen LogP contribution in [0.5, 0.6) is 0 Å². The fourth-order valence-corrected chi connectivity index (χ4v) is 4.42. The third-order valence-corrected chi connectivity index (χ3v) is 5.91. The van der Waals surface area contributed by atoms with E-state index < -0.39 is 16.7 Å². The van der Waals surface area contributed by atoms with Crippen LogP contribution in [0.4, 0.5) is 11.0 Å². The molecule has 0 saturated carbocycles. The van der Waals surface area contributed by atoms with Gasteiger partial charge in [0.25, 0.3) is 5.91 Å². The van der Waals surface area contributed by atoms with Gasteiger partial charge in [0.15, 0.2) is 10.9 Å². The van der Waals surface area contributed by atoms with E-state index in [1.165, 1.54) is 28.4 Å². The van der Waals surface area contributed by atoms with Crippen molar-refractivity contribution in [1.29, 1.82) is 0 Å². The fraction of sp³-hybridized carbons (Fsp3) is 0.368. The van der Waals surface area contributed by atoms with Crippen LogP contribution in [0.25, 0.3) is 10.2 Å². The Morgan fingerprint density at radius 1 is 1.39 bits per heavy atom. The van der Waals surface area contributed by atoms with Gasteiger partial charge in [-0.1, -0.05) is 17.4 Å². The molecule has 0 spiro atoms. The first-order valence-corrected chi connectivity index (χ1v) is 9.79. The van der Waals surface area contributed by atoms with Gasteiger partial charge in [-0.15, -0.1) is 0 Å². The predicted octanol–water partition coefficient (Wildman–Crippen LogP) is 4.24. The summed E-state index contributed by atoms with van der Waals surface area (Å²) in [5.74, 6) is -1.01. The molecule has 3 aromatic rings. The molecule has 8 nitrogen and oxygen atoms in total. The first-order valence-electron chi connectivity index (χ1n) is 8.98. The van der Waals surface area contributed by atoms with E-state index in [2.05, 4.69) is 11.1 Å². The summed E-state index contributed by atoms with van der Waals surface area (Å²) in [5, 5.41) is 11.4. The highest BCUT2D eigenvalue weighted by molar-refractivity contribution is 7.22. The second-order valence-corrected chi connectivity index (χ2v) is 7.85. The number of aryl methyl sites for hydroxylation is 2. The average molecular weight is 401 g/mol. The van der Waals surface area contributed by atoms with Crippen molar-refractivity contribution in [1.82, 2.24) is 4.98 Å². The van der Waals surface area contributed by atoms with Gasteiger partial charge in [-0.3, -0.25) is 19.8 Å². The Bertz CT molecular complexity index is 1050. The SMILES string of the molecule is Cc1cc(C)c2sc(N(CC3CCCO3)C(=O)c3ccc([N+](=O)[O-])o3)nc2c1. The summed E-state index contributed by atoms with van der Waals surface area (Å²) >= 11 is 1.42. The number of hydrogen-bond acceptors (Lipinski definition) is 7. The highest BCUT2D eigenvalue weighted by Crippen LogP contribution is 2.34. The van der Waals surface area contributed by atoms with Crippen molar-refractivity contribution in [2.45, 2.75) is 32.8 Å². The number of carbonyl (C=O) groups excluding carboxylic acids is 1. The molecule has 1 aliphatic rings. The van der Waals surface area contributed by atoms with E-state index in [1.54, 1.807) is 0 Å². The zero-order chi connectivity index (χ0) is 19.8. The van der Waals surface area contributed by atoms with Crippen molar-refractivity contribution >= 4 is 38.5 Å². The Balaban J connectivity index is 1.73. The lowest BCUT2D eigenvalue weighted by Crippen LogP contribution is -2.37. The maximum atomic E-state index is 13.1. The van der Waals surface area contributed by atoms with Crippen molar-refractivity contribution in [2.24, 2.45) is 0 Å². The number of nitro groups is 1. The monoisotopic (exact) mass is 401 g/mol. The molecule has 0 N–H and O–H groups in total. The van der Waals surface area contributed by atoms with E-state index in [4.69, 9.17) is 9.15 Å². The lowest BCUT2D eigenvalue weighted by atomic mass is 10.1. The van der Waals surface area contributed by atoms with Gasteiger partial charge in [0, 0.05) is 6.61 Å². The van der Waals surface area contributed by atoms with Crippen molar-refractivity contribution in [2.75, 3.05) is 18.1 Å². The van der Waals surface area contributed by atoms with Crippen molar-refractivity contribution in [3.63, 3.8) is 0 Å². The van der Waals surface area contributed by atoms with E-state index in [0.29, 0.717) is 18.3 Å². The molecule has 2 aromatic heterocycles. The van der Waals surface area contributed by atoms with Gasteiger partial charge in [-0.05, 0) is 49.9 Å². The molecule has 1 amide bonds. The number of hydrogen-bond donors (Lipinski definition) is 0. The molecule has 9 heteroatoms. The van der Waals surface area contributed by atoms with Crippen LogP contribution in [0.15, 0.2) is 28.7 Å². The average Bonchev–Trinajstić information content (AvgIpc) is 3.38. The van der Waals surface area contributed by atoms with E-state index in [-0.39, 0.29) is 11.9 Å². The normalized spacial score (nSPS) is 16.6. The number of ether oxygens (including phenoxy) is 1. The third kappa shape index (κ3) is 3.50. The zero-order valence-electron chi connectivity index (χ0n) is 15.5. The summed E-state index contributed by atoms with van der Waals surface area (Å²) in [4.78, 5) is 29.5. The smallest absolute Gasteiger partial charge is 0.395 e. The Hall–Kier alpha value is -2.78. The minimum Gasteiger partial charge on any atom is -0.395 e. The number of carbonyl (C=O) groups is 1. The van der Waals surface area contributed by atoms with E-state index in [9.17, 15) is 14.9 Å². The number of fused-ring (bicyclic) bond motifs is 1. The summed E-state index contributed by atoms with van der Waals surface area (Å²) in [6, 6.07) is 6.57. The predicted molar refractivity (Wildman–Crippen MR) is 105 cm³/mol. The fourth-order valence-electron chi connectivity index (χ4n) is 3.39. The van der Waals surface area contributed by atoms with Crippen molar-refractivity contribution in [3.8, 4) is 0 Å². The van der Waals surface area contributed by atoms with Gasteiger partial charge >= 0.3 is 5.88 Å². The number of amides is 1. The molecule has 1 saturated heterocycles. The largest absolute Gasteiger partial charge is 0.433 e. The van der Waals surface area contributed by atoms with Crippen molar-refractivity contribution in [3.05, 3.63) is 51.3 Å². The maximum Gasteiger partial charge on any atom is 0.433 e. The van der Waals surface area contributed by atoms with Crippen LogP contribution in [0.2, 0.25) is 0 Å². The Labute approximate surface area is 164 Å². The molecule has 28 heavy (non-hydrogen) atoms. The molecule has 3 heterocycles. The van der Waals surface area contributed by atoms with Crippen LogP contribution in [-0.2, 0) is 4.74 Å². The number of anilines is 1. The van der Waals surface area contributed by atoms with Gasteiger partial charge in [0.1, 0.15) is 4.92 Å². The van der Waals surface area contributed by atoms with Crippen LogP contribution in [0, 0.1) is 24.0 Å². The lowest BCUT2D eigenvalue weighted by molar-refractivity contribution is -0.402. The highest BCUT2D eigenvalue weighted by Gasteiger charge is 2.30. The Kier molecular flexibility index (Phi) is 4.86. The summed E-state index contributed by atoms with van der Waals surface area (Å²) in [6.45, 7) is 5.00. The molecular weight excluding hydrogens is 382 g/mol. The standard InChI is InChI=1S/C19H19N3O5S/c1-11-8-12(2)17-14(9-11)20-19(28-17)21(10-13-4-3-7-26-13)18(23)15-5-6-16(27-15)22(24)25/h5-6,8-9,13H,3-4,7,10H2,1-2H3. The molecule has 0 bridgehead atoms. The quantitative estimate of drug-likeness (QED) is 0.468. The van der Waals surface area contributed by atoms with Crippen LogP contribution >= 0.6 is 11.3 Å². The Morgan fingerprint density at radius 3 is 2.89 bits per heavy atom. The van der Waals surface area contributed by atoms with Gasteiger partial charge in [0.05, 0.1) is 28.9 Å². The first-order chi connectivity index (χ1) is 13.4. The first kappa shape index (κ1) is 18.6. The third-order valence-electron chi connectivity index (χ3n) is 4.68.